The SMILES string of the molecule is CN(Cc1cccc(Cl)c1)C(=O)CNCC1CCCO1. The minimum Gasteiger partial charge on any atom is -0.377 e. The highest BCUT2D eigenvalue weighted by Crippen LogP contribution is 2.12. The number of hydrogen-bond donors (Lipinski definition) is 1. The molecule has 0 saturated carbocycles. The number of ether oxygens (including phenoxy) is 1. The highest BCUT2D eigenvalue weighted by molar-refractivity contribution is 6.30. The molecular weight excluding hydrogens is 276 g/mol. The lowest BCUT2D eigenvalue weighted by Gasteiger charge is -2.18. The monoisotopic (exact) mass is 296 g/mol. The Labute approximate surface area is 125 Å². The van der Waals surface area contributed by atoms with Gasteiger partial charge in [-0.1, -0.05) is 23.7 Å². The molecule has 0 radical (unpaired) electrons. The molecule has 1 aliphatic heterocycles. The molecule has 4 nitrogen and oxygen atoms in total. The number of hydrogen-bond acceptors (Lipinski definition) is 3. The molecule has 0 spiro atoms. The van der Waals surface area contributed by atoms with Gasteiger partial charge in [-0.15, -0.1) is 0 Å². The Bertz CT molecular complexity index is 447. The summed E-state index contributed by atoms with van der Waals surface area (Å²) in [5.74, 6) is 0.0722. The summed E-state index contributed by atoms with van der Waals surface area (Å²) in [6, 6.07) is 7.57. The van der Waals surface area contributed by atoms with Crippen LogP contribution in [0.25, 0.3) is 0 Å². The molecule has 2 rings (SSSR count). The summed E-state index contributed by atoms with van der Waals surface area (Å²) in [6.07, 6.45) is 2.47. The lowest BCUT2D eigenvalue weighted by molar-refractivity contribution is -0.129. The van der Waals surface area contributed by atoms with Crippen molar-refractivity contribution in [3.8, 4) is 0 Å². The van der Waals surface area contributed by atoms with Crippen LogP contribution in [-0.4, -0.2) is 43.7 Å². The van der Waals surface area contributed by atoms with Crippen LogP contribution >= 0.6 is 11.6 Å². The molecule has 1 saturated heterocycles. The third-order valence-electron chi connectivity index (χ3n) is 3.41. The van der Waals surface area contributed by atoms with Crippen LogP contribution in [0.1, 0.15) is 18.4 Å². The van der Waals surface area contributed by atoms with E-state index < -0.39 is 0 Å². The first kappa shape index (κ1) is 15.3. The first-order chi connectivity index (χ1) is 9.65. The Kier molecular flexibility index (Phi) is 5.83. The van der Waals surface area contributed by atoms with E-state index in [4.69, 9.17) is 16.3 Å². The van der Waals surface area contributed by atoms with Crippen LogP contribution in [0.3, 0.4) is 0 Å². The Morgan fingerprint density at radius 3 is 3.10 bits per heavy atom. The first-order valence-corrected chi connectivity index (χ1v) is 7.33. The van der Waals surface area contributed by atoms with Crippen molar-refractivity contribution in [3.05, 3.63) is 34.9 Å². The lowest BCUT2D eigenvalue weighted by atomic mass is 10.2. The van der Waals surface area contributed by atoms with Crippen LogP contribution in [-0.2, 0) is 16.1 Å². The molecule has 1 unspecified atom stereocenters. The van der Waals surface area contributed by atoms with Gasteiger partial charge in [0.25, 0.3) is 0 Å². The topological polar surface area (TPSA) is 41.6 Å². The van der Waals surface area contributed by atoms with Gasteiger partial charge in [0.2, 0.25) is 5.91 Å². The highest BCUT2D eigenvalue weighted by atomic mass is 35.5. The van der Waals surface area contributed by atoms with Gasteiger partial charge < -0.3 is 15.0 Å². The summed E-state index contributed by atoms with van der Waals surface area (Å²) < 4.78 is 5.50. The Morgan fingerprint density at radius 1 is 1.55 bits per heavy atom. The van der Waals surface area contributed by atoms with Gasteiger partial charge in [-0.3, -0.25) is 4.79 Å². The Balaban J connectivity index is 1.71. The molecule has 0 aliphatic carbocycles. The van der Waals surface area contributed by atoms with Gasteiger partial charge in [-0.25, -0.2) is 0 Å². The van der Waals surface area contributed by atoms with Gasteiger partial charge in [0.15, 0.2) is 0 Å². The first-order valence-electron chi connectivity index (χ1n) is 6.96. The van der Waals surface area contributed by atoms with E-state index in [1.54, 1.807) is 11.9 Å². The number of rotatable bonds is 6. The molecule has 1 aliphatic rings. The number of benzene rings is 1. The minimum absolute atomic E-state index is 0.0722. The molecule has 20 heavy (non-hydrogen) atoms. The van der Waals surface area contributed by atoms with E-state index >= 15 is 0 Å². The molecule has 1 amide bonds. The summed E-state index contributed by atoms with van der Waals surface area (Å²) in [6.45, 7) is 2.50. The molecule has 1 aromatic rings. The second-order valence-corrected chi connectivity index (χ2v) is 5.58. The van der Waals surface area contributed by atoms with Crippen LogP contribution < -0.4 is 5.32 Å². The van der Waals surface area contributed by atoms with Crippen molar-refractivity contribution in [2.45, 2.75) is 25.5 Å². The predicted octanol–water partition coefficient (Wildman–Crippen LogP) is 2.07. The highest BCUT2D eigenvalue weighted by Gasteiger charge is 2.16. The van der Waals surface area contributed by atoms with Crippen molar-refractivity contribution in [1.29, 1.82) is 0 Å². The molecule has 1 heterocycles. The Hall–Kier alpha value is -1.10. The summed E-state index contributed by atoms with van der Waals surface area (Å²) in [4.78, 5) is 13.7. The normalized spacial score (nSPS) is 18.2. The molecule has 1 aromatic carbocycles. The fourth-order valence-electron chi connectivity index (χ4n) is 2.28. The number of carbonyl (C=O) groups is 1. The van der Waals surface area contributed by atoms with E-state index in [0.717, 1.165) is 31.6 Å². The number of halogens is 1. The largest absolute Gasteiger partial charge is 0.377 e. The van der Waals surface area contributed by atoms with Gasteiger partial charge in [0, 0.05) is 31.8 Å². The van der Waals surface area contributed by atoms with E-state index in [1.165, 1.54) is 0 Å². The van der Waals surface area contributed by atoms with Crippen LogP contribution in [0.4, 0.5) is 0 Å². The fraction of sp³-hybridized carbons (Fsp3) is 0.533. The second-order valence-electron chi connectivity index (χ2n) is 5.15. The molecule has 1 atom stereocenters. The summed E-state index contributed by atoms with van der Waals surface area (Å²) in [7, 11) is 1.80. The molecule has 0 bridgehead atoms. The third kappa shape index (κ3) is 4.78. The molecule has 110 valence electrons. The maximum absolute atomic E-state index is 12.0. The van der Waals surface area contributed by atoms with Gasteiger partial charge in [0.05, 0.1) is 12.6 Å². The number of nitrogens with one attached hydrogen (secondary N) is 1. The average molecular weight is 297 g/mol. The maximum Gasteiger partial charge on any atom is 0.236 e. The van der Waals surface area contributed by atoms with Crippen LogP contribution in [0.5, 0.6) is 0 Å². The Morgan fingerprint density at radius 2 is 2.40 bits per heavy atom. The smallest absolute Gasteiger partial charge is 0.236 e. The zero-order chi connectivity index (χ0) is 14.4. The van der Waals surface area contributed by atoms with E-state index in [0.29, 0.717) is 18.1 Å². The molecule has 0 aromatic heterocycles. The summed E-state index contributed by atoms with van der Waals surface area (Å²) in [5, 5.41) is 3.86. The summed E-state index contributed by atoms with van der Waals surface area (Å²) >= 11 is 5.93. The molecule has 1 N–H and O–H groups in total. The van der Waals surface area contributed by atoms with E-state index in [9.17, 15) is 4.79 Å². The fourth-order valence-corrected chi connectivity index (χ4v) is 2.49. The molecule has 1 fully saturated rings. The summed E-state index contributed by atoms with van der Waals surface area (Å²) in [5.41, 5.74) is 1.03. The van der Waals surface area contributed by atoms with E-state index in [-0.39, 0.29) is 12.0 Å². The zero-order valence-corrected chi connectivity index (χ0v) is 12.5. The van der Waals surface area contributed by atoms with Crippen molar-refractivity contribution in [3.63, 3.8) is 0 Å². The van der Waals surface area contributed by atoms with Crippen molar-refractivity contribution in [2.24, 2.45) is 0 Å². The van der Waals surface area contributed by atoms with Gasteiger partial charge >= 0.3 is 0 Å². The van der Waals surface area contributed by atoms with Gasteiger partial charge in [0.1, 0.15) is 0 Å². The van der Waals surface area contributed by atoms with Crippen molar-refractivity contribution in [2.75, 3.05) is 26.7 Å². The predicted molar refractivity (Wildman–Crippen MR) is 79.8 cm³/mol. The number of likely N-dealkylation sites (N-methyl/N-ethyl adjacent to an activating group) is 1. The van der Waals surface area contributed by atoms with Crippen molar-refractivity contribution >= 4 is 17.5 Å². The van der Waals surface area contributed by atoms with Gasteiger partial charge in [-0.05, 0) is 30.5 Å². The quantitative estimate of drug-likeness (QED) is 0.874. The maximum atomic E-state index is 12.0. The van der Waals surface area contributed by atoms with Crippen LogP contribution in [0, 0.1) is 0 Å². The lowest BCUT2D eigenvalue weighted by Crippen LogP contribution is -2.38. The standard InChI is InChI=1S/C15H21ClN2O2/c1-18(11-12-4-2-5-13(16)8-12)15(19)10-17-9-14-6-3-7-20-14/h2,4-5,8,14,17H,3,6-7,9-11H2,1H3. The van der Waals surface area contributed by atoms with Gasteiger partial charge in [-0.2, -0.15) is 0 Å². The number of carbonyl (C=O) groups excluding carboxylic acids is 1. The third-order valence-corrected chi connectivity index (χ3v) is 3.64. The average Bonchev–Trinajstić information content (AvgIpc) is 2.91. The molecular formula is C15H21ClN2O2. The van der Waals surface area contributed by atoms with Crippen molar-refractivity contribution in [1.82, 2.24) is 10.2 Å². The minimum atomic E-state index is 0.0722. The van der Waals surface area contributed by atoms with Crippen LogP contribution in [0.2, 0.25) is 5.02 Å². The van der Waals surface area contributed by atoms with Crippen LogP contribution in [0.15, 0.2) is 24.3 Å². The van der Waals surface area contributed by atoms with E-state index in [2.05, 4.69) is 5.32 Å². The second kappa shape index (κ2) is 7.62. The van der Waals surface area contributed by atoms with Crippen molar-refractivity contribution < 1.29 is 9.53 Å². The van der Waals surface area contributed by atoms with E-state index in [1.807, 2.05) is 24.3 Å². The number of nitrogens with zero attached hydrogens (tertiary/aromatic N) is 1. The zero-order valence-electron chi connectivity index (χ0n) is 11.8. The molecule has 5 heteroatoms. The number of amides is 1.